The summed E-state index contributed by atoms with van der Waals surface area (Å²) in [6, 6.07) is 4.19. The van der Waals surface area contributed by atoms with Crippen LogP contribution in [0.5, 0.6) is 0 Å². The van der Waals surface area contributed by atoms with E-state index in [1.54, 1.807) is 0 Å². The number of pyridine rings is 1. The van der Waals surface area contributed by atoms with Crippen molar-refractivity contribution in [3.05, 3.63) is 24.0 Å². The maximum absolute atomic E-state index is 5.83. The van der Waals surface area contributed by atoms with E-state index in [9.17, 15) is 0 Å². The Labute approximate surface area is 122 Å². The van der Waals surface area contributed by atoms with E-state index in [0.29, 0.717) is 0 Å². The van der Waals surface area contributed by atoms with Crippen LogP contribution in [-0.4, -0.2) is 68.1 Å². The van der Waals surface area contributed by atoms with Crippen LogP contribution in [-0.2, 0) is 0 Å². The maximum atomic E-state index is 5.83. The zero-order valence-corrected chi connectivity index (χ0v) is 12.9. The summed E-state index contributed by atoms with van der Waals surface area (Å²) in [4.78, 5) is 11.6. The molecule has 0 saturated carbocycles. The molecule has 2 rings (SSSR count). The first-order chi connectivity index (χ1) is 9.56. The third kappa shape index (κ3) is 4.16. The molecule has 0 aromatic carbocycles. The lowest BCUT2D eigenvalue weighted by Crippen LogP contribution is -2.48. The highest BCUT2D eigenvalue weighted by Gasteiger charge is 2.17. The third-order valence-electron chi connectivity index (χ3n) is 3.84. The second-order valence-electron chi connectivity index (χ2n) is 5.86. The number of hydrogen-bond donors (Lipinski definition) is 1. The Morgan fingerprint density at radius 2 is 1.95 bits per heavy atom. The lowest BCUT2D eigenvalue weighted by molar-refractivity contribution is 0.229. The second kappa shape index (κ2) is 7.02. The summed E-state index contributed by atoms with van der Waals surface area (Å²) in [5.74, 6) is 0. The molecule has 1 unspecified atom stereocenters. The SMILES string of the molecule is CC(N)c1ccc(N2CCN(CCN(C)C)CC2)cn1. The van der Waals surface area contributed by atoms with Gasteiger partial charge in [0.15, 0.2) is 0 Å². The summed E-state index contributed by atoms with van der Waals surface area (Å²) in [7, 11) is 4.25. The van der Waals surface area contributed by atoms with Gasteiger partial charge in [-0.15, -0.1) is 0 Å². The van der Waals surface area contributed by atoms with Gasteiger partial charge in [0, 0.05) is 45.3 Å². The van der Waals surface area contributed by atoms with Crippen molar-refractivity contribution in [3.8, 4) is 0 Å². The van der Waals surface area contributed by atoms with E-state index in [0.717, 1.165) is 45.0 Å². The molecule has 1 fully saturated rings. The first kappa shape index (κ1) is 15.2. The summed E-state index contributed by atoms with van der Waals surface area (Å²) >= 11 is 0. The Bertz CT molecular complexity index is 393. The van der Waals surface area contributed by atoms with Crippen LogP contribution in [0.2, 0.25) is 0 Å². The minimum absolute atomic E-state index is 0.00642. The number of likely N-dealkylation sites (N-methyl/N-ethyl adjacent to an activating group) is 1. The molecule has 0 amide bonds. The number of nitrogens with zero attached hydrogens (tertiary/aromatic N) is 4. The fourth-order valence-electron chi connectivity index (χ4n) is 2.43. The first-order valence-corrected chi connectivity index (χ1v) is 7.40. The zero-order chi connectivity index (χ0) is 14.5. The van der Waals surface area contributed by atoms with Gasteiger partial charge in [-0.3, -0.25) is 9.88 Å². The average Bonchev–Trinajstić information content (AvgIpc) is 2.46. The molecule has 5 nitrogen and oxygen atoms in total. The zero-order valence-electron chi connectivity index (χ0n) is 12.9. The van der Waals surface area contributed by atoms with Crippen LogP contribution in [0, 0.1) is 0 Å². The maximum Gasteiger partial charge on any atom is 0.0569 e. The van der Waals surface area contributed by atoms with Gasteiger partial charge in [0.05, 0.1) is 17.6 Å². The van der Waals surface area contributed by atoms with E-state index >= 15 is 0 Å². The van der Waals surface area contributed by atoms with E-state index in [-0.39, 0.29) is 6.04 Å². The van der Waals surface area contributed by atoms with Gasteiger partial charge >= 0.3 is 0 Å². The van der Waals surface area contributed by atoms with Gasteiger partial charge in [0.1, 0.15) is 0 Å². The van der Waals surface area contributed by atoms with Crippen LogP contribution < -0.4 is 10.6 Å². The lowest BCUT2D eigenvalue weighted by Gasteiger charge is -2.36. The van der Waals surface area contributed by atoms with Gasteiger partial charge in [0.25, 0.3) is 0 Å². The Morgan fingerprint density at radius 1 is 1.25 bits per heavy atom. The number of rotatable bonds is 5. The molecular weight excluding hydrogens is 250 g/mol. The minimum Gasteiger partial charge on any atom is -0.368 e. The molecule has 20 heavy (non-hydrogen) atoms. The average molecular weight is 277 g/mol. The highest BCUT2D eigenvalue weighted by atomic mass is 15.3. The van der Waals surface area contributed by atoms with E-state index in [1.165, 1.54) is 5.69 Å². The fraction of sp³-hybridized carbons (Fsp3) is 0.667. The minimum atomic E-state index is 0.00642. The summed E-state index contributed by atoms with van der Waals surface area (Å²) in [5, 5.41) is 0. The number of aromatic nitrogens is 1. The van der Waals surface area contributed by atoms with Gasteiger partial charge in [0.2, 0.25) is 0 Å². The molecule has 0 aliphatic carbocycles. The molecule has 1 saturated heterocycles. The van der Waals surface area contributed by atoms with Crippen molar-refractivity contribution in [1.29, 1.82) is 0 Å². The molecule has 1 atom stereocenters. The van der Waals surface area contributed by atoms with Crippen LogP contribution in [0.4, 0.5) is 5.69 Å². The van der Waals surface area contributed by atoms with E-state index in [2.05, 4.69) is 39.8 Å². The highest BCUT2D eigenvalue weighted by molar-refractivity contribution is 5.45. The Kier molecular flexibility index (Phi) is 5.34. The Morgan fingerprint density at radius 3 is 2.45 bits per heavy atom. The lowest BCUT2D eigenvalue weighted by atomic mass is 10.2. The van der Waals surface area contributed by atoms with Crippen molar-refractivity contribution in [2.24, 2.45) is 5.73 Å². The molecule has 2 N–H and O–H groups in total. The summed E-state index contributed by atoms with van der Waals surface area (Å²) in [5.41, 5.74) is 8.00. The number of nitrogens with two attached hydrogens (primary N) is 1. The normalized spacial score (nSPS) is 18.6. The van der Waals surface area contributed by atoms with E-state index < -0.39 is 0 Å². The molecule has 112 valence electrons. The van der Waals surface area contributed by atoms with Gasteiger partial charge in [-0.05, 0) is 33.2 Å². The Hall–Kier alpha value is -1.17. The number of anilines is 1. The van der Waals surface area contributed by atoms with Crippen molar-refractivity contribution in [3.63, 3.8) is 0 Å². The third-order valence-corrected chi connectivity index (χ3v) is 3.84. The van der Waals surface area contributed by atoms with Crippen molar-refractivity contribution < 1.29 is 0 Å². The molecule has 0 bridgehead atoms. The number of hydrogen-bond acceptors (Lipinski definition) is 5. The van der Waals surface area contributed by atoms with Crippen molar-refractivity contribution >= 4 is 5.69 Å². The molecule has 5 heteroatoms. The molecule has 0 radical (unpaired) electrons. The van der Waals surface area contributed by atoms with Crippen LogP contribution >= 0.6 is 0 Å². The van der Waals surface area contributed by atoms with Crippen molar-refractivity contribution in [2.45, 2.75) is 13.0 Å². The van der Waals surface area contributed by atoms with Gasteiger partial charge in [-0.1, -0.05) is 0 Å². The van der Waals surface area contributed by atoms with Crippen molar-refractivity contribution in [2.75, 3.05) is 58.3 Å². The predicted molar refractivity (Wildman–Crippen MR) is 84.0 cm³/mol. The Balaban J connectivity index is 1.84. The van der Waals surface area contributed by atoms with E-state index in [1.807, 2.05) is 19.2 Å². The monoisotopic (exact) mass is 277 g/mol. The number of piperazine rings is 1. The fourth-order valence-corrected chi connectivity index (χ4v) is 2.43. The van der Waals surface area contributed by atoms with Gasteiger partial charge < -0.3 is 15.5 Å². The van der Waals surface area contributed by atoms with Gasteiger partial charge in [-0.25, -0.2) is 0 Å². The molecule has 1 aliphatic rings. The summed E-state index contributed by atoms with van der Waals surface area (Å²) < 4.78 is 0. The van der Waals surface area contributed by atoms with E-state index in [4.69, 9.17) is 5.73 Å². The highest BCUT2D eigenvalue weighted by Crippen LogP contribution is 2.17. The predicted octanol–water partition coefficient (Wildman–Crippen LogP) is 0.785. The standard InChI is InChI=1S/C15H27N5/c1-13(16)15-5-4-14(12-17-15)20-10-8-19(9-11-20)7-6-18(2)3/h4-5,12-13H,6-11,16H2,1-3H3. The topological polar surface area (TPSA) is 48.6 Å². The quantitative estimate of drug-likeness (QED) is 0.862. The van der Waals surface area contributed by atoms with Crippen LogP contribution in [0.15, 0.2) is 18.3 Å². The summed E-state index contributed by atoms with van der Waals surface area (Å²) in [6.45, 7) is 8.66. The van der Waals surface area contributed by atoms with Crippen LogP contribution in [0.25, 0.3) is 0 Å². The molecule has 1 aliphatic heterocycles. The smallest absolute Gasteiger partial charge is 0.0569 e. The van der Waals surface area contributed by atoms with Gasteiger partial charge in [-0.2, -0.15) is 0 Å². The second-order valence-corrected chi connectivity index (χ2v) is 5.86. The van der Waals surface area contributed by atoms with Crippen molar-refractivity contribution in [1.82, 2.24) is 14.8 Å². The van der Waals surface area contributed by atoms with Crippen LogP contribution in [0.3, 0.4) is 0 Å². The molecule has 0 spiro atoms. The molecule has 1 aromatic rings. The first-order valence-electron chi connectivity index (χ1n) is 7.40. The molecule has 2 heterocycles. The molecule has 1 aromatic heterocycles. The van der Waals surface area contributed by atoms with Crippen LogP contribution in [0.1, 0.15) is 18.7 Å². The largest absolute Gasteiger partial charge is 0.368 e. The summed E-state index contributed by atoms with van der Waals surface area (Å²) in [6.07, 6.45) is 1.95. The molecular formula is C15H27N5.